The summed E-state index contributed by atoms with van der Waals surface area (Å²) in [7, 11) is 0. The first-order valence-corrected chi connectivity index (χ1v) is 13.7. The van der Waals surface area contributed by atoms with Crippen molar-refractivity contribution in [2.75, 3.05) is 10.6 Å². The van der Waals surface area contributed by atoms with Crippen LogP contribution in [0.15, 0.2) is 90.1 Å². The minimum atomic E-state index is -0.629. The zero-order valence-electron chi connectivity index (χ0n) is 21.5. The van der Waals surface area contributed by atoms with E-state index >= 15 is 0 Å². The predicted molar refractivity (Wildman–Crippen MR) is 155 cm³/mol. The second kappa shape index (κ2) is 12.2. The SMILES string of the molecule is NCc1ccc(C(=O)Nc2ccncc2F)cc1-c1cccc(NC(=O)c2ccc(SC3CCCC3=O)cc2)c1. The molecule has 7 nitrogen and oxygen atoms in total. The van der Waals surface area contributed by atoms with Crippen molar-refractivity contribution in [3.05, 3.63) is 108 Å². The van der Waals surface area contributed by atoms with Crippen molar-refractivity contribution >= 4 is 40.7 Å². The van der Waals surface area contributed by atoms with Gasteiger partial charge in [0.05, 0.1) is 17.1 Å². The molecule has 4 N–H and O–H groups in total. The average molecular weight is 555 g/mol. The fourth-order valence-electron chi connectivity index (χ4n) is 4.56. The number of hydrogen-bond acceptors (Lipinski definition) is 6. The van der Waals surface area contributed by atoms with Crippen molar-refractivity contribution in [1.82, 2.24) is 4.98 Å². The maximum absolute atomic E-state index is 14.0. The number of nitrogens with one attached hydrogen (secondary N) is 2. The number of nitrogens with zero attached hydrogens (tertiary/aromatic N) is 1. The van der Waals surface area contributed by atoms with E-state index < -0.39 is 11.7 Å². The Labute approximate surface area is 235 Å². The van der Waals surface area contributed by atoms with Crippen molar-refractivity contribution in [3.63, 3.8) is 0 Å². The monoisotopic (exact) mass is 554 g/mol. The van der Waals surface area contributed by atoms with Crippen molar-refractivity contribution in [1.29, 1.82) is 0 Å². The van der Waals surface area contributed by atoms with E-state index in [1.165, 1.54) is 12.3 Å². The van der Waals surface area contributed by atoms with E-state index in [1.807, 2.05) is 30.3 Å². The molecule has 2 amide bonds. The van der Waals surface area contributed by atoms with E-state index in [9.17, 15) is 18.8 Å². The maximum atomic E-state index is 14.0. The van der Waals surface area contributed by atoms with Crippen LogP contribution in [0.5, 0.6) is 0 Å². The first kappa shape index (κ1) is 27.2. The van der Waals surface area contributed by atoms with Crippen LogP contribution in [0.3, 0.4) is 0 Å². The molecule has 1 aromatic heterocycles. The number of aromatic nitrogens is 1. The Morgan fingerprint density at radius 1 is 0.975 bits per heavy atom. The number of Topliss-reactive ketones (excluding diaryl/α,β-unsaturated/α-hetero) is 1. The van der Waals surface area contributed by atoms with E-state index in [2.05, 4.69) is 15.6 Å². The quantitative estimate of drug-likeness (QED) is 0.244. The van der Waals surface area contributed by atoms with Crippen LogP contribution in [0.1, 0.15) is 45.5 Å². The molecule has 1 heterocycles. The highest BCUT2D eigenvalue weighted by atomic mass is 32.2. The molecule has 1 saturated carbocycles. The molecule has 1 fully saturated rings. The summed E-state index contributed by atoms with van der Waals surface area (Å²) in [5.41, 5.74) is 9.71. The van der Waals surface area contributed by atoms with Gasteiger partial charge < -0.3 is 16.4 Å². The summed E-state index contributed by atoms with van der Waals surface area (Å²) < 4.78 is 14.0. The minimum absolute atomic E-state index is 0.00205. The van der Waals surface area contributed by atoms with Gasteiger partial charge in [-0.05, 0) is 84.1 Å². The standard InChI is InChI=1S/C31H27FN4O3S/c32-26-18-34-14-13-27(26)36-31(39)21-7-8-22(17-33)25(16-21)20-3-1-4-23(15-20)35-30(38)19-9-11-24(12-10-19)40-29-6-2-5-28(29)37/h1,3-4,7-16,18,29H,2,5-6,17,33H2,(H,35,38)(H,34,36,39). The Morgan fingerprint density at radius 3 is 2.48 bits per heavy atom. The number of halogens is 1. The number of ketones is 1. The highest BCUT2D eigenvalue weighted by Crippen LogP contribution is 2.33. The van der Waals surface area contributed by atoms with Gasteiger partial charge >= 0.3 is 0 Å². The third kappa shape index (κ3) is 6.27. The van der Waals surface area contributed by atoms with E-state index in [-0.39, 0.29) is 23.4 Å². The van der Waals surface area contributed by atoms with Crippen molar-refractivity contribution in [3.8, 4) is 11.1 Å². The molecule has 4 aromatic rings. The molecule has 0 saturated heterocycles. The Bertz CT molecular complexity index is 1580. The maximum Gasteiger partial charge on any atom is 0.255 e. The molecule has 40 heavy (non-hydrogen) atoms. The van der Waals surface area contributed by atoms with Gasteiger partial charge in [-0.1, -0.05) is 18.2 Å². The Morgan fingerprint density at radius 2 is 1.75 bits per heavy atom. The molecule has 1 aliphatic rings. The highest BCUT2D eigenvalue weighted by molar-refractivity contribution is 8.00. The predicted octanol–water partition coefficient (Wildman–Crippen LogP) is 6.06. The van der Waals surface area contributed by atoms with Crippen molar-refractivity contribution in [2.24, 2.45) is 5.73 Å². The lowest BCUT2D eigenvalue weighted by atomic mass is 9.96. The molecule has 1 atom stereocenters. The summed E-state index contributed by atoms with van der Waals surface area (Å²) >= 11 is 1.55. The zero-order valence-corrected chi connectivity index (χ0v) is 22.3. The van der Waals surface area contributed by atoms with Crippen LogP contribution in [-0.2, 0) is 11.3 Å². The Balaban J connectivity index is 1.31. The molecule has 202 valence electrons. The second-order valence-electron chi connectivity index (χ2n) is 9.41. The highest BCUT2D eigenvalue weighted by Gasteiger charge is 2.25. The summed E-state index contributed by atoms with van der Waals surface area (Å²) in [5.74, 6) is -1.08. The molecule has 3 aromatic carbocycles. The van der Waals surface area contributed by atoms with Gasteiger partial charge in [-0.15, -0.1) is 11.8 Å². The normalized spacial score (nSPS) is 14.7. The van der Waals surface area contributed by atoms with Gasteiger partial charge in [-0.2, -0.15) is 0 Å². The summed E-state index contributed by atoms with van der Waals surface area (Å²) in [6, 6.07) is 21.0. The van der Waals surface area contributed by atoms with Crippen LogP contribution < -0.4 is 16.4 Å². The van der Waals surface area contributed by atoms with Gasteiger partial charge in [0, 0.05) is 40.9 Å². The summed E-state index contributed by atoms with van der Waals surface area (Å²) in [4.78, 5) is 42.4. The molecule has 5 rings (SSSR count). The lowest BCUT2D eigenvalue weighted by Crippen LogP contribution is -2.14. The number of pyridine rings is 1. The summed E-state index contributed by atoms with van der Waals surface area (Å²) in [6.45, 7) is 0.240. The van der Waals surface area contributed by atoms with Gasteiger partial charge in [0.15, 0.2) is 5.82 Å². The topological polar surface area (TPSA) is 114 Å². The van der Waals surface area contributed by atoms with Crippen LogP contribution in [0.4, 0.5) is 15.8 Å². The molecule has 1 unspecified atom stereocenters. The largest absolute Gasteiger partial charge is 0.326 e. The lowest BCUT2D eigenvalue weighted by Gasteiger charge is -2.13. The molecule has 0 aliphatic heterocycles. The molecule has 0 radical (unpaired) electrons. The minimum Gasteiger partial charge on any atom is -0.326 e. The summed E-state index contributed by atoms with van der Waals surface area (Å²) in [6.07, 6.45) is 4.90. The van der Waals surface area contributed by atoms with Crippen LogP contribution in [0.25, 0.3) is 11.1 Å². The van der Waals surface area contributed by atoms with Gasteiger partial charge in [0.25, 0.3) is 11.8 Å². The van der Waals surface area contributed by atoms with Crippen LogP contribution in [0.2, 0.25) is 0 Å². The van der Waals surface area contributed by atoms with Crippen molar-refractivity contribution in [2.45, 2.75) is 36.0 Å². The number of rotatable bonds is 8. The molecule has 0 spiro atoms. The van der Waals surface area contributed by atoms with Crippen LogP contribution in [-0.4, -0.2) is 27.8 Å². The fraction of sp³-hybridized carbons (Fsp3) is 0.161. The van der Waals surface area contributed by atoms with Crippen LogP contribution in [0, 0.1) is 5.82 Å². The molecule has 9 heteroatoms. The zero-order chi connectivity index (χ0) is 28.1. The number of carbonyl (C=O) groups is 3. The van der Waals surface area contributed by atoms with E-state index in [0.717, 1.165) is 40.6 Å². The van der Waals surface area contributed by atoms with Gasteiger partial charge in [0.2, 0.25) is 0 Å². The third-order valence-corrected chi connectivity index (χ3v) is 8.01. The van der Waals surface area contributed by atoms with E-state index in [4.69, 9.17) is 5.73 Å². The first-order valence-electron chi connectivity index (χ1n) is 12.9. The molecular weight excluding hydrogens is 527 g/mol. The Hall–Kier alpha value is -4.34. The lowest BCUT2D eigenvalue weighted by molar-refractivity contribution is -0.116. The number of nitrogens with two attached hydrogens (primary N) is 1. The molecule has 0 bridgehead atoms. The number of hydrogen-bond donors (Lipinski definition) is 3. The fourth-order valence-corrected chi connectivity index (χ4v) is 5.72. The Kier molecular flexibility index (Phi) is 8.33. The number of thioether (sulfide) groups is 1. The number of anilines is 2. The average Bonchev–Trinajstić information content (AvgIpc) is 3.38. The van der Waals surface area contributed by atoms with Crippen LogP contribution >= 0.6 is 11.8 Å². The number of carbonyl (C=O) groups excluding carboxylic acids is 3. The van der Waals surface area contributed by atoms with E-state index in [1.54, 1.807) is 48.2 Å². The smallest absolute Gasteiger partial charge is 0.255 e. The summed E-state index contributed by atoms with van der Waals surface area (Å²) in [5, 5.41) is 5.49. The molecule has 1 aliphatic carbocycles. The van der Waals surface area contributed by atoms with E-state index in [0.29, 0.717) is 29.0 Å². The second-order valence-corrected chi connectivity index (χ2v) is 10.7. The third-order valence-electron chi connectivity index (χ3n) is 6.69. The number of benzene rings is 3. The van der Waals surface area contributed by atoms with Gasteiger partial charge in [0.1, 0.15) is 5.78 Å². The van der Waals surface area contributed by atoms with Gasteiger partial charge in [-0.3, -0.25) is 19.4 Å². The first-order chi connectivity index (χ1) is 19.4. The van der Waals surface area contributed by atoms with Gasteiger partial charge in [-0.25, -0.2) is 4.39 Å². The number of amides is 2. The van der Waals surface area contributed by atoms with Crippen molar-refractivity contribution < 1.29 is 18.8 Å². The molecular formula is C31H27FN4O3S.